The number of aromatic nitrogens is 6. The second-order valence-electron chi connectivity index (χ2n) is 22.7. The Morgan fingerprint density at radius 2 is 0.678 bits per heavy atom. The highest BCUT2D eigenvalue weighted by atomic mass is 16.3. The molecule has 0 radical (unpaired) electrons. The summed E-state index contributed by atoms with van der Waals surface area (Å²) in [5.74, 6) is 0.251. The summed E-state index contributed by atoms with van der Waals surface area (Å²) < 4.78 is 11.6. The third kappa shape index (κ3) is 8.83. The Kier molecular flexibility index (Phi) is 11.9. The second-order valence-corrected chi connectivity index (χ2v) is 22.7. The number of hydrogen-bond donors (Lipinski definition) is 0. The van der Waals surface area contributed by atoms with Crippen molar-refractivity contribution in [3.05, 3.63) is 309 Å². The van der Waals surface area contributed by atoms with E-state index in [2.05, 4.69) is 254 Å². The lowest BCUT2D eigenvalue weighted by molar-refractivity contribution is 0.669. The van der Waals surface area contributed by atoms with Gasteiger partial charge in [0.25, 0.3) is 0 Å². The van der Waals surface area contributed by atoms with Gasteiger partial charge >= 0.3 is 0 Å². The molecule has 17 rings (SSSR count). The van der Waals surface area contributed by atoms with E-state index in [4.69, 9.17) is 4.42 Å². The highest BCUT2D eigenvalue weighted by molar-refractivity contribution is 6.14. The number of rotatable bonds is 10. The third-order valence-corrected chi connectivity index (χ3v) is 17.6. The molecule has 7 nitrogen and oxygen atoms in total. The Balaban J connectivity index is 0.812. The molecule has 7 heteroatoms. The Bertz CT molecular complexity index is 5290. The number of fused-ring (bicyclic) bond motifs is 9. The smallest absolute Gasteiger partial charge is 0.135 e. The van der Waals surface area contributed by atoms with Crippen molar-refractivity contribution in [2.75, 3.05) is 0 Å². The molecule has 0 saturated heterocycles. The largest absolute Gasteiger partial charge is 0.456 e. The fourth-order valence-corrected chi connectivity index (χ4v) is 13.3. The van der Waals surface area contributed by atoms with Crippen LogP contribution in [0, 0.1) is 0 Å². The molecule has 16 aromatic rings. The first-order valence-corrected chi connectivity index (χ1v) is 29.5. The lowest BCUT2D eigenvalue weighted by atomic mass is 9.86. The van der Waals surface area contributed by atoms with E-state index in [0.29, 0.717) is 0 Å². The van der Waals surface area contributed by atoms with Gasteiger partial charge in [0.05, 0.1) is 22.1 Å². The molecular weight excluding hydrogens is 1060 g/mol. The van der Waals surface area contributed by atoms with Crippen LogP contribution in [-0.4, -0.2) is 29.1 Å². The molecule has 1 atom stereocenters. The van der Waals surface area contributed by atoms with E-state index in [-0.39, 0.29) is 5.92 Å². The molecule has 7 aromatic heterocycles. The zero-order valence-corrected chi connectivity index (χ0v) is 47.2. The molecule has 0 bridgehead atoms. The van der Waals surface area contributed by atoms with E-state index >= 15 is 0 Å². The van der Waals surface area contributed by atoms with E-state index in [1.807, 2.05) is 73.8 Å². The molecule has 0 amide bonds. The van der Waals surface area contributed by atoms with Crippen molar-refractivity contribution in [2.45, 2.75) is 12.3 Å². The van der Waals surface area contributed by atoms with Crippen LogP contribution in [0.2, 0.25) is 0 Å². The molecule has 0 spiro atoms. The third-order valence-electron chi connectivity index (χ3n) is 17.6. The van der Waals surface area contributed by atoms with Gasteiger partial charge in [0.1, 0.15) is 11.2 Å². The topological polar surface area (TPSA) is 74.6 Å². The lowest BCUT2D eigenvalue weighted by Gasteiger charge is -2.19. The van der Waals surface area contributed by atoms with Gasteiger partial charge in [0.2, 0.25) is 0 Å². The summed E-state index contributed by atoms with van der Waals surface area (Å²) in [6, 6.07) is 84.0. The van der Waals surface area contributed by atoms with Crippen molar-refractivity contribution in [2.24, 2.45) is 0 Å². The number of pyridine rings is 4. The van der Waals surface area contributed by atoms with Crippen molar-refractivity contribution in [1.82, 2.24) is 29.1 Å². The van der Waals surface area contributed by atoms with Crippen LogP contribution in [0.4, 0.5) is 0 Å². The summed E-state index contributed by atoms with van der Waals surface area (Å²) in [6.45, 7) is 0. The highest BCUT2D eigenvalue weighted by Crippen LogP contribution is 2.43. The van der Waals surface area contributed by atoms with Crippen LogP contribution in [0.25, 0.3) is 149 Å². The molecule has 1 unspecified atom stereocenters. The molecule has 0 aliphatic heterocycles. The molecule has 408 valence electrons. The average Bonchev–Trinajstić information content (AvgIpc) is 1.83. The molecule has 1 aliphatic carbocycles. The first kappa shape index (κ1) is 50.0. The quantitative estimate of drug-likeness (QED) is 0.136. The Labute approximate surface area is 501 Å². The van der Waals surface area contributed by atoms with Crippen LogP contribution < -0.4 is 0 Å². The standard InChI is InChI=1S/C80H52N6O/c1-9-51(37-55(13-1)63-17-5-33-81-47-63)59-21-27-75-69(41-59)70-42-60(52-10-2-14-56(38-52)64-18-6-34-82-48-64)22-28-76(70)85(75)67-25-31-79-73(45-67)74-46-68(26-32-80(74)87-79)86-77-29-23-61(53-11-3-15-57(39-53)65-19-7-35-83-49-65)43-71(77)72-44-62(24-30-78(72)86)54-12-4-16-58(40-54)66-20-8-36-84-50-66/h1-39,41-50,58H,40H2. The predicted octanol–water partition coefficient (Wildman–Crippen LogP) is 20.5. The maximum Gasteiger partial charge on any atom is 0.135 e. The van der Waals surface area contributed by atoms with Crippen LogP contribution in [0.5, 0.6) is 0 Å². The minimum Gasteiger partial charge on any atom is -0.456 e. The van der Waals surface area contributed by atoms with Crippen LogP contribution in [-0.2, 0) is 0 Å². The lowest BCUT2D eigenvalue weighted by Crippen LogP contribution is -2.01. The first-order valence-electron chi connectivity index (χ1n) is 29.5. The predicted molar refractivity (Wildman–Crippen MR) is 357 cm³/mol. The van der Waals surface area contributed by atoms with Gasteiger partial charge < -0.3 is 13.6 Å². The summed E-state index contributed by atoms with van der Waals surface area (Å²) in [6.07, 6.45) is 22.8. The monoisotopic (exact) mass is 1110 g/mol. The van der Waals surface area contributed by atoms with Crippen molar-refractivity contribution in [1.29, 1.82) is 0 Å². The SMILES string of the molecule is C1=CC(c2cccnc2)CC(c2ccc3c(c2)c2cc(-c4cccc(-c5cccnc5)c4)ccc2n3-c2ccc3oc4ccc(-n5c6ccc(-c7cccc(-c8cccnc8)c7)cc6c6cc(-c7cccc(-c8cccnc8)c7)ccc65)cc4c3c2)=C1. The van der Waals surface area contributed by atoms with E-state index < -0.39 is 0 Å². The van der Waals surface area contributed by atoms with Crippen LogP contribution in [0.1, 0.15) is 23.5 Å². The summed E-state index contributed by atoms with van der Waals surface area (Å²) >= 11 is 0. The number of benzene rings is 9. The second kappa shape index (κ2) is 20.7. The summed E-state index contributed by atoms with van der Waals surface area (Å²) in [5, 5.41) is 6.82. The van der Waals surface area contributed by atoms with E-state index in [1.165, 1.54) is 38.2 Å². The van der Waals surface area contributed by atoms with Crippen molar-refractivity contribution >= 4 is 71.1 Å². The zero-order valence-electron chi connectivity index (χ0n) is 47.2. The van der Waals surface area contributed by atoms with Gasteiger partial charge in [0, 0.05) is 116 Å². The average molecular weight is 1110 g/mol. The van der Waals surface area contributed by atoms with Gasteiger partial charge in [0.15, 0.2) is 0 Å². The van der Waals surface area contributed by atoms with Gasteiger partial charge in [-0.25, -0.2) is 0 Å². The summed E-state index contributed by atoms with van der Waals surface area (Å²) in [4.78, 5) is 17.7. The van der Waals surface area contributed by atoms with Crippen molar-refractivity contribution < 1.29 is 4.42 Å². The number of nitrogens with zero attached hydrogens (tertiary/aromatic N) is 6. The molecule has 9 aromatic carbocycles. The minimum absolute atomic E-state index is 0.251. The summed E-state index contributed by atoms with van der Waals surface area (Å²) in [5.41, 5.74) is 25.6. The molecular formula is C80H52N6O. The van der Waals surface area contributed by atoms with E-state index in [1.54, 1.807) is 0 Å². The number of allylic oxidation sites excluding steroid dienone is 4. The fourth-order valence-electron chi connectivity index (χ4n) is 13.3. The van der Waals surface area contributed by atoms with E-state index in [0.717, 1.165) is 129 Å². The van der Waals surface area contributed by atoms with Crippen molar-refractivity contribution in [3.63, 3.8) is 0 Å². The molecule has 0 N–H and O–H groups in total. The Morgan fingerprint density at radius 3 is 1.08 bits per heavy atom. The zero-order chi connectivity index (χ0) is 57.4. The van der Waals surface area contributed by atoms with Crippen LogP contribution in [0.15, 0.2) is 303 Å². The van der Waals surface area contributed by atoms with Gasteiger partial charge in [-0.2, -0.15) is 0 Å². The molecule has 0 saturated carbocycles. The van der Waals surface area contributed by atoms with Gasteiger partial charge in [-0.05, 0) is 201 Å². The fraction of sp³-hybridized carbons (Fsp3) is 0.0250. The molecule has 1 aliphatic rings. The summed E-state index contributed by atoms with van der Waals surface area (Å²) in [7, 11) is 0. The van der Waals surface area contributed by atoms with Gasteiger partial charge in [-0.1, -0.05) is 121 Å². The molecule has 7 heterocycles. The van der Waals surface area contributed by atoms with Crippen LogP contribution in [0.3, 0.4) is 0 Å². The van der Waals surface area contributed by atoms with Gasteiger partial charge in [-0.15, -0.1) is 0 Å². The molecule has 87 heavy (non-hydrogen) atoms. The number of furan rings is 1. The van der Waals surface area contributed by atoms with Gasteiger partial charge in [-0.3, -0.25) is 19.9 Å². The van der Waals surface area contributed by atoms with E-state index in [9.17, 15) is 0 Å². The normalized spacial score (nSPS) is 13.4. The maximum absolute atomic E-state index is 6.74. The van der Waals surface area contributed by atoms with Crippen LogP contribution >= 0.6 is 0 Å². The Morgan fingerprint density at radius 1 is 0.310 bits per heavy atom. The number of hydrogen-bond acceptors (Lipinski definition) is 5. The maximum atomic E-state index is 6.74. The first-order chi connectivity index (χ1) is 43.1. The minimum atomic E-state index is 0.251. The molecule has 0 fully saturated rings. The highest BCUT2D eigenvalue weighted by Gasteiger charge is 2.22. The Hall–Kier alpha value is -11.5. The van der Waals surface area contributed by atoms with Crippen molar-refractivity contribution in [3.8, 4) is 78.1 Å².